The first-order valence-electron chi connectivity index (χ1n) is 23.2. The number of nitrogens with zero attached hydrogens (tertiary/aromatic N) is 9. The van der Waals surface area contributed by atoms with Crippen LogP contribution < -0.4 is 15.9 Å². The number of likely N-dealkylation sites (tertiary alicyclic amines) is 1. The number of amides is 3. The molecule has 68 heavy (non-hydrogen) atoms. The van der Waals surface area contributed by atoms with Gasteiger partial charge in [-0.05, 0) is 83.5 Å². The molecule has 0 saturated carbocycles. The number of imide groups is 1. The van der Waals surface area contributed by atoms with Crippen LogP contribution >= 0.6 is 0 Å². The maximum absolute atomic E-state index is 14.6. The third kappa shape index (κ3) is 9.19. The molecule has 3 fully saturated rings. The average molecular weight is 931 g/mol. The number of anilines is 1. The Hall–Kier alpha value is -6.63. The monoisotopic (exact) mass is 930 g/mol. The lowest BCUT2D eigenvalue weighted by Crippen LogP contribution is -2.52. The van der Waals surface area contributed by atoms with Gasteiger partial charge in [0.15, 0.2) is 0 Å². The number of rotatable bonds is 12. The minimum Gasteiger partial charge on any atom is -0.373 e. The van der Waals surface area contributed by atoms with Crippen LogP contribution in [0.3, 0.4) is 0 Å². The van der Waals surface area contributed by atoms with Crippen molar-refractivity contribution in [2.24, 2.45) is 7.05 Å². The first kappa shape index (κ1) is 45.2. The highest BCUT2D eigenvalue weighted by molar-refractivity contribution is 6.05. The Balaban J connectivity index is 0.696. The maximum atomic E-state index is 14.6. The molecule has 354 valence electrons. The van der Waals surface area contributed by atoms with Crippen molar-refractivity contribution in [2.75, 3.05) is 44.2 Å². The van der Waals surface area contributed by atoms with Crippen LogP contribution in [0.5, 0.6) is 0 Å². The Morgan fingerprint density at radius 3 is 2.26 bits per heavy atom. The number of carbonyl (C=O) groups is 3. The van der Waals surface area contributed by atoms with Crippen LogP contribution in [0.25, 0.3) is 11.2 Å². The average Bonchev–Trinajstić information content (AvgIpc) is 4.02. The number of nitrogens with one attached hydrogen (secondary N) is 1. The van der Waals surface area contributed by atoms with E-state index >= 15 is 0 Å². The number of hydrogen-bond acceptors (Lipinski definition) is 10. The van der Waals surface area contributed by atoms with Crippen LogP contribution in [-0.2, 0) is 53.8 Å². The number of imidazole rings is 1. The minimum atomic E-state index is -4.67. The van der Waals surface area contributed by atoms with Crippen molar-refractivity contribution in [2.45, 2.75) is 83.1 Å². The summed E-state index contributed by atoms with van der Waals surface area (Å²) < 4.78 is 54.2. The second-order valence-electron chi connectivity index (χ2n) is 18.5. The SMILES string of the molecule is C[C@H](c1cccc(-n2cc3c(C(F)(F)F)cc(CN4CCC(OCc5ccc(CN6CCN(c7ccc8c(c7)CN([C@@H]7CCC(=O)NC7=O)C8=O)CC6)cc5)CC4)cn3c2=O)c1)c1nncn1C. The molecule has 4 aliphatic heterocycles. The fourth-order valence-corrected chi connectivity index (χ4v) is 10.1. The van der Waals surface area contributed by atoms with Gasteiger partial charge in [0.25, 0.3) is 5.91 Å². The van der Waals surface area contributed by atoms with Gasteiger partial charge in [0.1, 0.15) is 18.2 Å². The molecule has 18 heteroatoms. The Labute approximate surface area is 390 Å². The van der Waals surface area contributed by atoms with Gasteiger partial charge < -0.3 is 19.1 Å². The lowest BCUT2D eigenvalue weighted by Gasteiger charge is -2.36. The van der Waals surface area contributed by atoms with Gasteiger partial charge in [0.05, 0.1) is 29.5 Å². The van der Waals surface area contributed by atoms with E-state index < -0.39 is 29.4 Å². The molecule has 3 aromatic carbocycles. The van der Waals surface area contributed by atoms with Crippen LogP contribution in [0.15, 0.2) is 96.3 Å². The molecule has 2 atom stereocenters. The van der Waals surface area contributed by atoms with E-state index in [2.05, 4.69) is 60.5 Å². The lowest BCUT2D eigenvalue weighted by molar-refractivity contribution is -0.137. The predicted octanol–water partition coefficient (Wildman–Crippen LogP) is 5.65. The number of benzene rings is 3. The smallest absolute Gasteiger partial charge is 0.373 e. The van der Waals surface area contributed by atoms with Crippen molar-refractivity contribution < 1.29 is 32.3 Å². The number of piperidine rings is 2. The van der Waals surface area contributed by atoms with E-state index in [0.29, 0.717) is 49.5 Å². The number of halogens is 3. The summed E-state index contributed by atoms with van der Waals surface area (Å²) in [7, 11) is 1.84. The van der Waals surface area contributed by atoms with Gasteiger partial charge in [0.2, 0.25) is 11.8 Å². The summed E-state index contributed by atoms with van der Waals surface area (Å²) in [6.07, 6.45) is 1.81. The van der Waals surface area contributed by atoms with E-state index in [9.17, 15) is 32.3 Å². The molecule has 15 nitrogen and oxygen atoms in total. The molecule has 0 radical (unpaired) electrons. The van der Waals surface area contributed by atoms with E-state index in [4.69, 9.17) is 4.74 Å². The maximum Gasteiger partial charge on any atom is 0.418 e. The van der Waals surface area contributed by atoms with Gasteiger partial charge >= 0.3 is 11.9 Å². The van der Waals surface area contributed by atoms with Gasteiger partial charge in [-0.2, -0.15) is 13.2 Å². The molecular formula is C50H53F3N10O5. The molecule has 10 rings (SSSR count). The highest BCUT2D eigenvalue weighted by Gasteiger charge is 2.40. The number of hydrogen-bond donors (Lipinski definition) is 1. The highest BCUT2D eigenvalue weighted by Crippen LogP contribution is 2.35. The van der Waals surface area contributed by atoms with Crippen molar-refractivity contribution in [3.63, 3.8) is 0 Å². The normalized spacial score (nSPS) is 19.2. The van der Waals surface area contributed by atoms with E-state index in [1.807, 2.05) is 36.7 Å². The van der Waals surface area contributed by atoms with Gasteiger partial charge in [-0.25, -0.2) is 4.79 Å². The molecule has 7 heterocycles. The molecule has 0 unspecified atom stereocenters. The lowest BCUT2D eigenvalue weighted by atomic mass is 10.00. The van der Waals surface area contributed by atoms with Gasteiger partial charge in [-0.15, -0.1) is 10.2 Å². The number of pyridine rings is 1. The second kappa shape index (κ2) is 18.5. The Morgan fingerprint density at radius 1 is 0.809 bits per heavy atom. The molecule has 3 saturated heterocycles. The van der Waals surface area contributed by atoms with Crippen molar-refractivity contribution in [1.82, 2.24) is 43.7 Å². The van der Waals surface area contributed by atoms with E-state index in [1.54, 1.807) is 29.4 Å². The van der Waals surface area contributed by atoms with Crippen LogP contribution in [0.2, 0.25) is 0 Å². The first-order valence-corrected chi connectivity index (χ1v) is 23.2. The Kier molecular flexibility index (Phi) is 12.3. The third-order valence-electron chi connectivity index (χ3n) is 14.0. The van der Waals surface area contributed by atoms with E-state index in [0.717, 1.165) is 78.2 Å². The molecule has 3 aromatic heterocycles. The van der Waals surface area contributed by atoms with Gasteiger partial charge in [-0.1, -0.05) is 43.3 Å². The Morgan fingerprint density at radius 2 is 1.54 bits per heavy atom. The zero-order chi connectivity index (χ0) is 47.3. The number of ether oxygens (including phenoxy) is 1. The fraction of sp³-hybridized carbons (Fsp3) is 0.400. The summed E-state index contributed by atoms with van der Waals surface area (Å²) >= 11 is 0. The summed E-state index contributed by atoms with van der Waals surface area (Å²) in [5.74, 6) is -0.309. The molecule has 0 aliphatic carbocycles. The molecule has 6 aromatic rings. The standard InChI is InChI=1S/C50H53F3N10O5/c1-32(46-56-54-31-57(46)2)36-4-3-5-39(23-36)61-29-44-42(50(51,52)53)22-35(27-63(44)49(61)67)26-58-16-14-40(15-17-58)68-30-34-8-6-33(7-9-34)25-59-18-20-60(21-19-59)38-10-11-41-37(24-38)28-62(48(41)66)43-12-13-45(64)55-47(43)65/h3-11,22-24,27,29,31-32,40,43H,12-21,25-26,28,30H2,1-2H3,(H,55,64,65)/t32-,43-/m1/s1. The van der Waals surface area contributed by atoms with Crippen LogP contribution in [0.1, 0.15) is 88.1 Å². The second-order valence-corrected chi connectivity index (χ2v) is 18.5. The topological polar surface area (TPSA) is 143 Å². The van der Waals surface area contributed by atoms with Crippen molar-refractivity contribution in [3.8, 4) is 5.69 Å². The number of aryl methyl sites for hydroxylation is 1. The zero-order valence-corrected chi connectivity index (χ0v) is 38.0. The third-order valence-corrected chi connectivity index (χ3v) is 14.0. The van der Waals surface area contributed by atoms with Crippen LogP contribution in [-0.4, -0.2) is 108 Å². The zero-order valence-electron chi connectivity index (χ0n) is 38.0. The Bertz CT molecular complexity index is 2930. The van der Waals surface area contributed by atoms with E-state index in [1.165, 1.54) is 28.6 Å². The summed E-state index contributed by atoms with van der Waals surface area (Å²) in [5.41, 5.74) is 4.95. The van der Waals surface area contributed by atoms with Crippen molar-refractivity contribution >= 4 is 28.9 Å². The fourth-order valence-electron chi connectivity index (χ4n) is 10.1. The summed E-state index contributed by atoms with van der Waals surface area (Å²) in [5, 5.41) is 10.5. The summed E-state index contributed by atoms with van der Waals surface area (Å²) in [6.45, 7) is 8.63. The predicted molar refractivity (Wildman–Crippen MR) is 246 cm³/mol. The first-order chi connectivity index (χ1) is 32.7. The largest absolute Gasteiger partial charge is 0.418 e. The van der Waals surface area contributed by atoms with E-state index in [-0.39, 0.29) is 42.3 Å². The number of alkyl halides is 3. The van der Waals surface area contributed by atoms with Crippen molar-refractivity contribution in [1.29, 1.82) is 0 Å². The minimum absolute atomic E-state index is 0.0228. The van der Waals surface area contributed by atoms with Crippen LogP contribution in [0.4, 0.5) is 18.9 Å². The molecule has 3 amide bonds. The molecule has 4 aliphatic rings. The van der Waals surface area contributed by atoms with Crippen molar-refractivity contribution in [3.05, 3.63) is 147 Å². The van der Waals surface area contributed by atoms with Crippen LogP contribution in [0, 0.1) is 0 Å². The summed E-state index contributed by atoms with van der Waals surface area (Å²) in [4.78, 5) is 59.5. The molecule has 0 bridgehead atoms. The number of fused-ring (bicyclic) bond motifs is 2. The number of carbonyl (C=O) groups excluding carboxylic acids is 3. The number of piperazine rings is 1. The molecular weight excluding hydrogens is 878 g/mol. The summed E-state index contributed by atoms with van der Waals surface area (Å²) in [6, 6.07) is 22.1. The van der Waals surface area contributed by atoms with Gasteiger partial charge in [-0.3, -0.25) is 38.5 Å². The quantitative estimate of drug-likeness (QED) is 0.153. The number of aromatic nitrogens is 5. The molecule has 1 N–H and O–H groups in total. The molecule has 0 spiro atoms. The van der Waals surface area contributed by atoms with Gasteiger partial charge in [0, 0.05) is 102 Å². The highest BCUT2D eigenvalue weighted by atomic mass is 19.4.